The van der Waals surface area contributed by atoms with Gasteiger partial charge < -0.3 is 13.9 Å². The molecule has 0 spiro atoms. The van der Waals surface area contributed by atoms with Gasteiger partial charge in [-0.15, -0.1) is 10.2 Å². The summed E-state index contributed by atoms with van der Waals surface area (Å²) in [7, 11) is 0. The zero-order valence-corrected chi connectivity index (χ0v) is 15.5. The van der Waals surface area contributed by atoms with Crippen molar-refractivity contribution in [2.75, 3.05) is 0 Å². The summed E-state index contributed by atoms with van der Waals surface area (Å²) in [6, 6.07) is 11.2. The molecule has 1 unspecified atom stereocenters. The van der Waals surface area contributed by atoms with E-state index in [-0.39, 0.29) is 17.2 Å². The Morgan fingerprint density at radius 3 is 2.57 bits per heavy atom. The third-order valence-corrected chi connectivity index (χ3v) is 3.97. The summed E-state index contributed by atoms with van der Waals surface area (Å²) in [4.78, 5) is 12.6. The van der Waals surface area contributed by atoms with Crippen molar-refractivity contribution >= 4 is 5.97 Å². The number of halogens is 2. The van der Waals surface area contributed by atoms with Crippen LogP contribution in [0, 0.1) is 13.8 Å². The van der Waals surface area contributed by atoms with Gasteiger partial charge in [0.1, 0.15) is 11.9 Å². The number of alkyl halides is 2. The molecule has 2 aromatic carbocycles. The monoisotopic (exact) mass is 388 g/mol. The van der Waals surface area contributed by atoms with Crippen LogP contribution in [0.1, 0.15) is 40.4 Å². The topological polar surface area (TPSA) is 74.5 Å². The molecule has 0 radical (unpaired) electrons. The lowest BCUT2D eigenvalue weighted by Crippen LogP contribution is -2.12. The van der Waals surface area contributed by atoms with E-state index in [1.54, 1.807) is 57.2 Å². The number of rotatable bonds is 6. The van der Waals surface area contributed by atoms with E-state index in [1.165, 1.54) is 6.07 Å². The molecule has 146 valence electrons. The highest BCUT2D eigenvalue weighted by atomic mass is 19.3. The number of aryl methyl sites for hydroxylation is 2. The van der Waals surface area contributed by atoms with Crippen molar-refractivity contribution in [3.63, 3.8) is 0 Å². The Morgan fingerprint density at radius 2 is 1.89 bits per heavy atom. The molecule has 0 saturated heterocycles. The number of hydrogen-bond acceptors (Lipinski definition) is 6. The minimum absolute atomic E-state index is 0.0315. The van der Waals surface area contributed by atoms with Crippen LogP contribution in [0.25, 0.3) is 11.5 Å². The van der Waals surface area contributed by atoms with E-state index in [1.807, 2.05) is 0 Å². The zero-order chi connectivity index (χ0) is 20.3. The molecule has 3 rings (SSSR count). The predicted molar refractivity (Wildman–Crippen MR) is 96.1 cm³/mol. The van der Waals surface area contributed by atoms with E-state index in [9.17, 15) is 13.6 Å². The standard InChI is InChI=1S/C20H18F2N2O4/c1-11-7-8-17(28-20(21)22)16(9-11)12(2)26-19(25)15-6-4-5-14(10-15)18-24-23-13(3)27-18/h4-10,12,20H,1-3H3. The van der Waals surface area contributed by atoms with Crippen molar-refractivity contribution in [1.29, 1.82) is 0 Å². The SMILES string of the molecule is Cc1ccc(OC(F)F)c(C(C)OC(=O)c2cccc(-c3nnc(C)o3)c2)c1. The molecular weight excluding hydrogens is 370 g/mol. The van der Waals surface area contributed by atoms with Crippen molar-refractivity contribution in [1.82, 2.24) is 10.2 Å². The maximum absolute atomic E-state index is 12.6. The maximum atomic E-state index is 12.6. The number of benzene rings is 2. The third-order valence-electron chi connectivity index (χ3n) is 3.97. The second kappa shape index (κ2) is 8.16. The number of hydrogen-bond donors (Lipinski definition) is 0. The van der Waals surface area contributed by atoms with Crippen LogP contribution in [0.2, 0.25) is 0 Å². The van der Waals surface area contributed by atoms with Crippen molar-refractivity contribution in [3.05, 3.63) is 65.0 Å². The number of esters is 1. The van der Waals surface area contributed by atoms with E-state index in [0.717, 1.165) is 5.56 Å². The normalized spacial score (nSPS) is 12.1. The quantitative estimate of drug-likeness (QED) is 0.561. The first kappa shape index (κ1) is 19.5. The number of ether oxygens (including phenoxy) is 2. The Hall–Kier alpha value is -3.29. The van der Waals surface area contributed by atoms with Crippen molar-refractivity contribution in [3.8, 4) is 17.2 Å². The Kier molecular flexibility index (Phi) is 5.67. The minimum Gasteiger partial charge on any atom is -0.454 e. The Morgan fingerprint density at radius 1 is 1.11 bits per heavy atom. The van der Waals surface area contributed by atoms with Gasteiger partial charge >= 0.3 is 12.6 Å². The zero-order valence-electron chi connectivity index (χ0n) is 15.5. The number of nitrogens with zero attached hydrogens (tertiary/aromatic N) is 2. The van der Waals surface area contributed by atoms with Crippen molar-refractivity contribution in [2.24, 2.45) is 0 Å². The smallest absolute Gasteiger partial charge is 0.387 e. The lowest BCUT2D eigenvalue weighted by atomic mass is 10.1. The highest BCUT2D eigenvalue weighted by molar-refractivity contribution is 5.90. The summed E-state index contributed by atoms with van der Waals surface area (Å²) in [5.74, 6) is 0.0418. The van der Waals surface area contributed by atoms with Crippen LogP contribution in [-0.4, -0.2) is 22.8 Å². The molecule has 0 saturated carbocycles. The molecule has 1 heterocycles. The lowest BCUT2D eigenvalue weighted by Gasteiger charge is -2.18. The summed E-state index contributed by atoms with van der Waals surface area (Å²) in [5, 5.41) is 7.68. The van der Waals surface area contributed by atoms with Crippen LogP contribution >= 0.6 is 0 Å². The summed E-state index contributed by atoms with van der Waals surface area (Å²) < 4.78 is 40.7. The molecule has 0 aliphatic rings. The van der Waals surface area contributed by atoms with Gasteiger partial charge in [0.2, 0.25) is 11.8 Å². The van der Waals surface area contributed by atoms with Gasteiger partial charge in [0.15, 0.2) is 0 Å². The summed E-state index contributed by atoms with van der Waals surface area (Å²) in [6.07, 6.45) is -0.796. The van der Waals surface area contributed by atoms with Crippen LogP contribution in [0.4, 0.5) is 8.78 Å². The molecule has 0 aliphatic carbocycles. The fourth-order valence-electron chi connectivity index (χ4n) is 2.67. The molecule has 1 aromatic heterocycles. The van der Waals surface area contributed by atoms with Crippen LogP contribution < -0.4 is 4.74 Å². The van der Waals surface area contributed by atoms with E-state index in [4.69, 9.17) is 9.15 Å². The predicted octanol–water partition coefficient (Wildman–Crippen LogP) is 4.87. The molecule has 0 amide bonds. The first-order chi connectivity index (χ1) is 13.3. The van der Waals surface area contributed by atoms with E-state index in [0.29, 0.717) is 17.0 Å². The van der Waals surface area contributed by atoms with Crippen LogP contribution in [0.3, 0.4) is 0 Å². The lowest BCUT2D eigenvalue weighted by molar-refractivity contribution is -0.0516. The van der Waals surface area contributed by atoms with Gasteiger partial charge in [-0.25, -0.2) is 4.79 Å². The van der Waals surface area contributed by atoms with Gasteiger partial charge in [0.25, 0.3) is 0 Å². The molecule has 6 nitrogen and oxygen atoms in total. The fraction of sp³-hybridized carbons (Fsp3) is 0.250. The van der Waals surface area contributed by atoms with E-state index in [2.05, 4.69) is 14.9 Å². The minimum atomic E-state index is -2.97. The summed E-state index contributed by atoms with van der Waals surface area (Å²) >= 11 is 0. The van der Waals surface area contributed by atoms with Gasteiger partial charge in [-0.2, -0.15) is 8.78 Å². The van der Waals surface area contributed by atoms with Gasteiger partial charge in [-0.05, 0) is 44.2 Å². The number of aromatic nitrogens is 2. The summed E-state index contributed by atoms with van der Waals surface area (Å²) in [5.41, 5.74) is 2.02. The van der Waals surface area contributed by atoms with Gasteiger partial charge in [0, 0.05) is 18.1 Å². The molecule has 0 aliphatic heterocycles. The first-order valence-electron chi connectivity index (χ1n) is 8.50. The third kappa shape index (κ3) is 4.51. The molecular formula is C20H18F2N2O4. The second-order valence-electron chi connectivity index (χ2n) is 6.17. The molecule has 28 heavy (non-hydrogen) atoms. The van der Waals surface area contributed by atoms with Crippen molar-refractivity contribution in [2.45, 2.75) is 33.5 Å². The largest absolute Gasteiger partial charge is 0.454 e. The second-order valence-corrected chi connectivity index (χ2v) is 6.17. The van der Waals surface area contributed by atoms with Crippen LogP contribution in [0.5, 0.6) is 5.75 Å². The van der Waals surface area contributed by atoms with Crippen LogP contribution in [0.15, 0.2) is 46.9 Å². The first-order valence-corrected chi connectivity index (χ1v) is 8.50. The van der Waals surface area contributed by atoms with Gasteiger partial charge in [0.05, 0.1) is 5.56 Å². The number of carbonyl (C=O) groups excluding carboxylic acids is 1. The fourth-order valence-corrected chi connectivity index (χ4v) is 2.67. The highest BCUT2D eigenvalue weighted by Crippen LogP contribution is 2.31. The average Bonchev–Trinajstić information content (AvgIpc) is 3.09. The van der Waals surface area contributed by atoms with Crippen LogP contribution in [-0.2, 0) is 4.74 Å². The molecule has 8 heteroatoms. The van der Waals surface area contributed by atoms with Gasteiger partial charge in [-0.3, -0.25) is 0 Å². The maximum Gasteiger partial charge on any atom is 0.387 e. The Bertz CT molecular complexity index is 988. The molecule has 1 atom stereocenters. The Labute approximate surface area is 160 Å². The molecule has 0 fully saturated rings. The molecule has 0 bridgehead atoms. The molecule has 3 aromatic rings. The Balaban J connectivity index is 1.81. The van der Waals surface area contributed by atoms with Crippen molar-refractivity contribution < 1.29 is 27.5 Å². The highest BCUT2D eigenvalue weighted by Gasteiger charge is 2.20. The summed E-state index contributed by atoms with van der Waals surface area (Å²) in [6.45, 7) is 2.09. The van der Waals surface area contributed by atoms with E-state index < -0.39 is 18.7 Å². The van der Waals surface area contributed by atoms with E-state index >= 15 is 0 Å². The van der Waals surface area contributed by atoms with Gasteiger partial charge in [-0.1, -0.05) is 17.7 Å². The molecule has 0 N–H and O–H groups in total. The average molecular weight is 388 g/mol. The number of carbonyl (C=O) groups is 1.